The Labute approximate surface area is 141 Å². The van der Waals surface area contributed by atoms with Gasteiger partial charge >= 0.3 is 5.97 Å². The van der Waals surface area contributed by atoms with E-state index in [0.29, 0.717) is 25.9 Å². The second-order valence-corrected chi connectivity index (χ2v) is 6.44. The summed E-state index contributed by atoms with van der Waals surface area (Å²) in [7, 11) is 0. The lowest BCUT2D eigenvalue weighted by atomic mass is 9.74. The lowest BCUT2D eigenvalue weighted by molar-refractivity contribution is -0.147. The number of rotatable bonds is 8. The van der Waals surface area contributed by atoms with Gasteiger partial charge in [0.25, 0.3) is 0 Å². The third kappa shape index (κ3) is 6.55. The minimum atomic E-state index is -0.895. The highest BCUT2D eigenvalue weighted by atomic mass is 16.4. The highest BCUT2D eigenvalue weighted by Gasteiger charge is 2.42. The first-order valence-electron chi connectivity index (χ1n) is 8.29. The number of carbonyl (C=O) groups is 4. The molecule has 1 aliphatic carbocycles. The van der Waals surface area contributed by atoms with Crippen molar-refractivity contribution in [1.29, 1.82) is 0 Å². The monoisotopic (exact) mass is 341 g/mol. The standard InChI is InChI=1S/C16H27N3O5/c1-11(20)17-9-10-18-13(21)6-7-14(22)19-16(2)8-4-3-5-12(16)15(23)24/h12H,3-10H2,1-2H3,(H,17,20)(H,18,21)(H,19,22)(H,23,24). The van der Waals surface area contributed by atoms with E-state index >= 15 is 0 Å². The predicted molar refractivity (Wildman–Crippen MR) is 87.1 cm³/mol. The molecule has 0 aliphatic heterocycles. The average molecular weight is 341 g/mol. The molecule has 0 aromatic rings. The lowest BCUT2D eigenvalue weighted by Gasteiger charge is -2.39. The molecule has 0 saturated heterocycles. The van der Waals surface area contributed by atoms with Crippen molar-refractivity contribution in [3.05, 3.63) is 0 Å². The Morgan fingerprint density at radius 2 is 1.67 bits per heavy atom. The normalized spacial score (nSPS) is 23.2. The van der Waals surface area contributed by atoms with Gasteiger partial charge in [0, 0.05) is 32.9 Å². The molecule has 0 aromatic heterocycles. The molecule has 0 radical (unpaired) electrons. The first-order valence-corrected chi connectivity index (χ1v) is 8.29. The van der Waals surface area contributed by atoms with Crippen LogP contribution in [0.5, 0.6) is 0 Å². The van der Waals surface area contributed by atoms with E-state index in [0.717, 1.165) is 12.8 Å². The summed E-state index contributed by atoms with van der Waals surface area (Å²) in [5.74, 6) is -2.26. The molecule has 0 heterocycles. The smallest absolute Gasteiger partial charge is 0.308 e. The van der Waals surface area contributed by atoms with Crippen LogP contribution >= 0.6 is 0 Å². The molecule has 1 saturated carbocycles. The maximum absolute atomic E-state index is 12.1. The summed E-state index contributed by atoms with van der Waals surface area (Å²) >= 11 is 0. The van der Waals surface area contributed by atoms with E-state index in [2.05, 4.69) is 16.0 Å². The minimum Gasteiger partial charge on any atom is -0.481 e. The zero-order chi connectivity index (χ0) is 18.2. The summed E-state index contributed by atoms with van der Waals surface area (Å²) in [6, 6.07) is 0. The van der Waals surface area contributed by atoms with Crippen molar-refractivity contribution in [3.8, 4) is 0 Å². The Kier molecular flexibility index (Phi) is 7.67. The highest BCUT2D eigenvalue weighted by Crippen LogP contribution is 2.33. The molecule has 0 aromatic carbocycles. The van der Waals surface area contributed by atoms with Crippen LogP contribution in [0.1, 0.15) is 52.4 Å². The van der Waals surface area contributed by atoms with Crippen molar-refractivity contribution in [2.45, 2.75) is 57.9 Å². The maximum Gasteiger partial charge on any atom is 0.308 e. The zero-order valence-electron chi connectivity index (χ0n) is 14.3. The van der Waals surface area contributed by atoms with E-state index in [1.807, 2.05) is 0 Å². The third-order valence-corrected chi connectivity index (χ3v) is 4.33. The summed E-state index contributed by atoms with van der Waals surface area (Å²) in [5, 5.41) is 17.3. The molecule has 1 fully saturated rings. The van der Waals surface area contributed by atoms with Crippen LogP contribution in [0.2, 0.25) is 0 Å². The Balaban J connectivity index is 2.35. The molecule has 8 nitrogen and oxygen atoms in total. The number of amides is 3. The van der Waals surface area contributed by atoms with Crippen molar-refractivity contribution < 1.29 is 24.3 Å². The van der Waals surface area contributed by atoms with Crippen molar-refractivity contribution >= 4 is 23.7 Å². The van der Waals surface area contributed by atoms with Gasteiger partial charge in [0.15, 0.2) is 0 Å². The molecule has 4 N–H and O–H groups in total. The van der Waals surface area contributed by atoms with E-state index in [1.54, 1.807) is 6.92 Å². The summed E-state index contributed by atoms with van der Waals surface area (Å²) in [6.45, 7) is 3.79. The van der Waals surface area contributed by atoms with Gasteiger partial charge in [-0.15, -0.1) is 0 Å². The molecule has 3 amide bonds. The van der Waals surface area contributed by atoms with Crippen LogP contribution in [-0.2, 0) is 19.2 Å². The topological polar surface area (TPSA) is 125 Å². The lowest BCUT2D eigenvalue weighted by Crippen LogP contribution is -2.55. The van der Waals surface area contributed by atoms with E-state index < -0.39 is 17.4 Å². The second-order valence-electron chi connectivity index (χ2n) is 6.44. The molecule has 24 heavy (non-hydrogen) atoms. The second kappa shape index (κ2) is 9.24. The largest absolute Gasteiger partial charge is 0.481 e. The van der Waals surface area contributed by atoms with Gasteiger partial charge in [-0.2, -0.15) is 0 Å². The van der Waals surface area contributed by atoms with Crippen molar-refractivity contribution in [3.63, 3.8) is 0 Å². The molecule has 0 spiro atoms. The fraction of sp³-hybridized carbons (Fsp3) is 0.750. The molecular formula is C16H27N3O5. The Hall–Kier alpha value is -2.12. The minimum absolute atomic E-state index is 0.00784. The van der Waals surface area contributed by atoms with Crippen LogP contribution in [0, 0.1) is 5.92 Å². The molecule has 0 bridgehead atoms. The van der Waals surface area contributed by atoms with Gasteiger partial charge in [0.05, 0.1) is 11.5 Å². The van der Waals surface area contributed by atoms with Gasteiger partial charge in [0.2, 0.25) is 17.7 Å². The van der Waals surface area contributed by atoms with Crippen molar-refractivity contribution in [1.82, 2.24) is 16.0 Å². The SMILES string of the molecule is CC(=O)NCCNC(=O)CCC(=O)NC1(C)CCCCC1C(=O)O. The van der Waals surface area contributed by atoms with Gasteiger partial charge in [-0.1, -0.05) is 12.8 Å². The Morgan fingerprint density at radius 1 is 1.04 bits per heavy atom. The number of hydrogen-bond acceptors (Lipinski definition) is 4. The number of carbonyl (C=O) groups excluding carboxylic acids is 3. The van der Waals surface area contributed by atoms with Gasteiger partial charge in [-0.25, -0.2) is 0 Å². The van der Waals surface area contributed by atoms with Crippen molar-refractivity contribution in [2.75, 3.05) is 13.1 Å². The molecule has 1 aliphatic rings. The summed E-state index contributed by atoms with van der Waals surface area (Å²) in [4.78, 5) is 45.8. The Morgan fingerprint density at radius 3 is 2.29 bits per heavy atom. The molecule has 8 heteroatoms. The zero-order valence-corrected chi connectivity index (χ0v) is 14.3. The van der Waals surface area contributed by atoms with Crippen LogP contribution in [-0.4, -0.2) is 47.4 Å². The van der Waals surface area contributed by atoms with Crippen LogP contribution in [0.25, 0.3) is 0 Å². The van der Waals surface area contributed by atoms with Gasteiger partial charge < -0.3 is 21.1 Å². The maximum atomic E-state index is 12.1. The van der Waals surface area contributed by atoms with E-state index in [9.17, 15) is 24.3 Å². The predicted octanol–water partition coefficient (Wildman–Crippen LogP) is 0.169. The quantitative estimate of drug-likeness (QED) is 0.468. The first-order chi connectivity index (χ1) is 11.2. The molecule has 136 valence electrons. The van der Waals surface area contributed by atoms with Crippen LogP contribution in [0.3, 0.4) is 0 Å². The first kappa shape index (κ1) is 19.9. The van der Waals surface area contributed by atoms with Gasteiger partial charge in [-0.05, 0) is 19.8 Å². The fourth-order valence-electron chi connectivity index (χ4n) is 3.02. The number of aliphatic carboxylic acids is 1. The van der Waals surface area contributed by atoms with Crippen LogP contribution < -0.4 is 16.0 Å². The number of hydrogen-bond donors (Lipinski definition) is 4. The molecule has 2 unspecified atom stereocenters. The van der Waals surface area contributed by atoms with E-state index in [1.165, 1.54) is 6.92 Å². The average Bonchev–Trinajstić information content (AvgIpc) is 2.49. The third-order valence-electron chi connectivity index (χ3n) is 4.33. The summed E-state index contributed by atoms with van der Waals surface area (Å²) in [6.07, 6.45) is 2.94. The molecule has 1 rings (SSSR count). The molecular weight excluding hydrogens is 314 g/mol. The fourth-order valence-corrected chi connectivity index (χ4v) is 3.02. The number of nitrogens with one attached hydrogen (secondary N) is 3. The number of carboxylic acids is 1. The molecule has 2 atom stereocenters. The van der Waals surface area contributed by atoms with Gasteiger partial charge in [-0.3, -0.25) is 19.2 Å². The highest BCUT2D eigenvalue weighted by molar-refractivity contribution is 5.84. The van der Waals surface area contributed by atoms with Crippen LogP contribution in [0.4, 0.5) is 0 Å². The van der Waals surface area contributed by atoms with Crippen LogP contribution in [0.15, 0.2) is 0 Å². The van der Waals surface area contributed by atoms with Crippen molar-refractivity contribution in [2.24, 2.45) is 5.92 Å². The van der Waals surface area contributed by atoms with E-state index in [-0.39, 0.29) is 30.6 Å². The van der Waals surface area contributed by atoms with Gasteiger partial charge in [0.1, 0.15) is 0 Å². The number of carboxylic acid groups (broad SMARTS) is 1. The Bertz CT molecular complexity index is 494. The summed E-state index contributed by atoms with van der Waals surface area (Å²) in [5.41, 5.74) is -0.761. The summed E-state index contributed by atoms with van der Waals surface area (Å²) < 4.78 is 0. The van der Waals surface area contributed by atoms with E-state index in [4.69, 9.17) is 0 Å².